The zero-order valence-corrected chi connectivity index (χ0v) is 16.7. The summed E-state index contributed by atoms with van der Waals surface area (Å²) in [6.07, 6.45) is 2.59. The van der Waals surface area contributed by atoms with E-state index in [1.54, 1.807) is 18.2 Å². The molecule has 2 N–H and O–H groups in total. The van der Waals surface area contributed by atoms with Crippen LogP contribution in [0.5, 0.6) is 5.75 Å². The smallest absolute Gasteiger partial charge is 0.266 e. The summed E-state index contributed by atoms with van der Waals surface area (Å²) in [6.45, 7) is 6.09. The highest BCUT2D eigenvalue weighted by Crippen LogP contribution is 2.24. The van der Waals surface area contributed by atoms with Crippen molar-refractivity contribution in [1.29, 1.82) is 5.26 Å². The van der Waals surface area contributed by atoms with E-state index in [9.17, 15) is 15.2 Å². The van der Waals surface area contributed by atoms with Gasteiger partial charge < -0.3 is 15.0 Å². The van der Waals surface area contributed by atoms with Gasteiger partial charge in [-0.05, 0) is 79.9 Å². The quantitative estimate of drug-likeness (QED) is 0.372. The topological polar surface area (TPSA) is 78.0 Å². The number of anilines is 1. The molecule has 1 heterocycles. The van der Waals surface area contributed by atoms with E-state index >= 15 is 0 Å². The number of aromatic nitrogens is 1. The first-order chi connectivity index (χ1) is 13.9. The first kappa shape index (κ1) is 20.0. The van der Waals surface area contributed by atoms with Crippen LogP contribution in [0, 0.1) is 25.2 Å². The first-order valence-electron chi connectivity index (χ1n) is 9.43. The molecule has 0 saturated carbocycles. The van der Waals surface area contributed by atoms with Gasteiger partial charge in [-0.1, -0.05) is 19.1 Å². The van der Waals surface area contributed by atoms with E-state index in [1.807, 2.05) is 26.0 Å². The van der Waals surface area contributed by atoms with Gasteiger partial charge in [0.05, 0.1) is 0 Å². The molecule has 0 bridgehead atoms. The lowest BCUT2D eigenvalue weighted by molar-refractivity contribution is -0.112. The number of benzene rings is 2. The van der Waals surface area contributed by atoms with Gasteiger partial charge in [-0.15, -0.1) is 0 Å². The van der Waals surface area contributed by atoms with Crippen LogP contribution in [0.2, 0.25) is 0 Å². The van der Waals surface area contributed by atoms with Gasteiger partial charge in [0.2, 0.25) is 0 Å². The van der Waals surface area contributed by atoms with Crippen molar-refractivity contribution < 1.29 is 9.90 Å². The monoisotopic (exact) mass is 385 g/mol. The number of hydrogen-bond acceptors (Lipinski definition) is 3. The molecule has 0 aliphatic rings. The Morgan fingerprint density at radius 1 is 1.14 bits per heavy atom. The van der Waals surface area contributed by atoms with Gasteiger partial charge in [-0.25, -0.2) is 0 Å². The molecule has 1 amide bonds. The summed E-state index contributed by atoms with van der Waals surface area (Å²) >= 11 is 0. The van der Waals surface area contributed by atoms with Crippen LogP contribution in [0.4, 0.5) is 5.69 Å². The molecule has 3 aromatic rings. The average Bonchev–Trinajstić information content (AvgIpc) is 3.00. The van der Waals surface area contributed by atoms with E-state index in [1.165, 1.54) is 17.7 Å². The minimum absolute atomic E-state index is 0.0136. The molecular formula is C24H23N3O2. The minimum Gasteiger partial charge on any atom is -0.508 e. The number of phenols is 1. The predicted molar refractivity (Wildman–Crippen MR) is 115 cm³/mol. The van der Waals surface area contributed by atoms with Crippen LogP contribution in [-0.2, 0) is 11.2 Å². The maximum Gasteiger partial charge on any atom is 0.266 e. The minimum atomic E-state index is -0.490. The second kappa shape index (κ2) is 8.49. The van der Waals surface area contributed by atoms with Crippen LogP contribution < -0.4 is 5.32 Å². The molecule has 5 heteroatoms. The summed E-state index contributed by atoms with van der Waals surface area (Å²) in [5.74, 6) is -0.381. The van der Waals surface area contributed by atoms with E-state index in [4.69, 9.17) is 0 Å². The number of nitrogens with one attached hydrogen (secondary N) is 1. The summed E-state index contributed by atoms with van der Waals surface area (Å²) in [4.78, 5) is 12.5. The average molecular weight is 385 g/mol. The van der Waals surface area contributed by atoms with Crippen molar-refractivity contribution in [3.05, 3.63) is 82.7 Å². The Bertz CT molecular complexity index is 1100. The van der Waals surface area contributed by atoms with Gasteiger partial charge in [0, 0.05) is 22.8 Å². The van der Waals surface area contributed by atoms with Crippen LogP contribution in [0.15, 0.2) is 60.2 Å². The van der Waals surface area contributed by atoms with Crippen molar-refractivity contribution in [2.45, 2.75) is 27.2 Å². The maximum atomic E-state index is 12.5. The van der Waals surface area contributed by atoms with Gasteiger partial charge in [0.15, 0.2) is 0 Å². The molecule has 0 radical (unpaired) electrons. The molecule has 29 heavy (non-hydrogen) atoms. The summed E-state index contributed by atoms with van der Waals surface area (Å²) in [6, 6.07) is 18.4. The lowest BCUT2D eigenvalue weighted by atomic mass is 10.1. The van der Waals surface area contributed by atoms with Crippen LogP contribution >= 0.6 is 0 Å². The molecule has 2 aromatic carbocycles. The van der Waals surface area contributed by atoms with Crippen molar-refractivity contribution in [3.8, 4) is 17.5 Å². The van der Waals surface area contributed by atoms with Crippen molar-refractivity contribution in [2.24, 2.45) is 0 Å². The van der Waals surface area contributed by atoms with Gasteiger partial charge in [0.25, 0.3) is 5.91 Å². The molecule has 0 saturated heterocycles. The Kier molecular flexibility index (Phi) is 5.85. The lowest BCUT2D eigenvalue weighted by Gasteiger charge is -2.10. The summed E-state index contributed by atoms with van der Waals surface area (Å²) in [5.41, 5.74) is 5.64. The molecule has 0 unspecified atom stereocenters. The molecule has 0 spiro atoms. The number of carbonyl (C=O) groups is 1. The highest BCUT2D eigenvalue weighted by Gasteiger charge is 2.14. The SMILES string of the molecule is CCc1ccc(-n2c(C)cc(C=C(C#N)C(=O)Nc3ccc(O)cc3)c2C)cc1. The van der Waals surface area contributed by atoms with Crippen molar-refractivity contribution >= 4 is 17.7 Å². The second-order valence-electron chi connectivity index (χ2n) is 6.85. The number of phenolic OH excluding ortho intramolecular Hbond substituents is 1. The van der Waals surface area contributed by atoms with Crippen molar-refractivity contribution in [3.63, 3.8) is 0 Å². The molecule has 0 fully saturated rings. The number of aryl methyl sites for hydroxylation is 2. The number of amides is 1. The number of rotatable bonds is 5. The molecular weight excluding hydrogens is 362 g/mol. The third kappa shape index (κ3) is 4.39. The van der Waals surface area contributed by atoms with E-state index in [-0.39, 0.29) is 11.3 Å². The third-order valence-electron chi connectivity index (χ3n) is 4.86. The van der Waals surface area contributed by atoms with Gasteiger partial charge in [-0.3, -0.25) is 4.79 Å². The fourth-order valence-corrected chi connectivity index (χ4v) is 3.26. The Hall–Kier alpha value is -3.78. The fourth-order valence-electron chi connectivity index (χ4n) is 3.26. The van der Waals surface area contributed by atoms with Crippen LogP contribution in [0.25, 0.3) is 11.8 Å². The molecule has 146 valence electrons. The van der Waals surface area contributed by atoms with Crippen molar-refractivity contribution in [1.82, 2.24) is 4.57 Å². The number of nitriles is 1. The first-order valence-corrected chi connectivity index (χ1v) is 9.43. The van der Waals surface area contributed by atoms with E-state index < -0.39 is 5.91 Å². The molecule has 0 aliphatic carbocycles. The summed E-state index contributed by atoms with van der Waals surface area (Å²) in [7, 11) is 0. The molecule has 5 nitrogen and oxygen atoms in total. The standard InChI is InChI=1S/C24H23N3O2/c1-4-18-5-9-22(10-6-18)27-16(2)13-19(17(27)3)14-20(15-25)24(29)26-21-7-11-23(28)12-8-21/h5-14,28H,4H2,1-3H3,(H,26,29). The van der Waals surface area contributed by atoms with Crippen LogP contribution in [0.1, 0.15) is 29.4 Å². The van der Waals surface area contributed by atoms with E-state index in [0.717, 1.165) is 29.1 Å². The predicted octanol–water partition coefficient (Wildman–Crippen LogP) is 4.91. The summed E-state index contributed by atoms with van der Waals surface area (Å²) in [5, 5.41) is 21.5. The molecule has 1 aromatic heterocycles. The van der Waals surface area contributed by atoms with Crippen LogP contribution in [0.3, 0.4) is 0 Å². The number of carbonyl (C=O) groups excluding carboxylic acids is 1. The zero-order chi connectivity index (χ0) is 21.0. The number of hydrogen-bond donors (Lipinski definition) is 2. The molecule has 0 aliphatic heterocycles. The fraction of sp³-hybridized carbons (Fsp3) is 0.167. The Balaban J connectivity index is 1.90. The normalized spacial score (nSPS) is 11.2. The number of nitrogens with zero attached hydrogens (tertiary/aromatic N) is 2. The zero-order valence-electron chi connectivity index (χ0n) is 16.7. The Morgan fingerprint density at radius 3 is 2.38 bits per heavy atom. The van der Waals surface area contributed by atoms with Gasteiger partial charge >= 0.3 is 0 Å². The number of aromatic hydroxyl groups is 1. The van der Waals surface area contributed by atoms with E-state index in [2.05, 4.69) is 41.1 Å². The Labute approximate surface area is 170 Å². The third-order valence-corrected chi connectivity index (χ3v) is 4.86. The second-order valence-corrected chi connectivity index (χ2v) is 6.85. The van der Waals surface area contributed by atoms with E-state index in [0.29, 0.717) is 5.69 Å². The highest BCUT2D eigenvalue weighted by atomic mass is 16.3. The Morgan fingerprint density at radius 2 is 1.79 bits per heavy atom. The maximum absolute atomic E-state index is 12.5. The molecule has 3 rings (SSSR count). The van der Waals surface area contributed by atoms with Gasteiger partial charge in [-0.2, -0.15) is 5.26 Å². The van der Waals surface area contributed by atoms with Crippen LogP contribution in [-0.4, -0.2) is 15.6 Å². The molecule has 0 atom stereocenters. The highest BCUT2D eigenvalue weighted by molar-refractivity contribution is 6.09. The largest absolute Gasteiger partial charge is 0.508 e. The van der Waals surface area contributed by atoms with Crippen molar-refractivity contribution in [2.75, 3.05) is 5.32 Å². The van der Waals surface area contributed by atoms with Gasteiger partial charge in [0.1, 0.15) is 17.4 Å². The lowest BCUT2D eigenvalue weighted by Crippen LogP contribution is -2.13. The summed E-state index contributed by atoms with van der Waals surface area (Å²) < 4.78 is 2.11.